The average Bonchev–Trinajstić information content (AvgIpc) is 2.59. The van der Waals surface area contributed by atoms with Crippen LogP contribution in [0.2, 0.25) is 10.0 Å². The monoisotopic (exact) mass is 503 g/mol. The van der Waals surface area contributed by atoms with Gasteiger partial charge >= 0.3 is 0 Å². The third-order valence-corrected chi connectivity index (χ3v) is 4.92. The Bertz CT molecular complexity index is 856. The van der Waals surface area contributed by atoms with E-state index in [0.717, 1.165) is 14.8 Å². The Morgan fingerprint density at radius 1 is 1.15 bits per heavy atom. The molecule has 26 heavy (non-hydrogen) atoms. The van der Waals surface area contributed by atoms with E-state index in [1.807, 2.05) is 25.1 Å². The summed E-state index contributed by atoms with van der Waals surface area (Å²) in [6, 6.07) is 10.8. The second-order valence-electron chi connectivity index (χ2n) is 5.44. The van der Waals surface area contributed by atoms with Crippen molar-refractivity contribution in [1.29, 1.82) is 0 Å². The van der Waals surface area contributed by atoms with Crippen molar-refractivity contribution in [2.75, 3.05) is 5.32 Å². The lowest BCUT2D eigenvalue weighted by atomic mass is 10.2. The molecule has 0 bridgehead atoms. The lowest BCUT2D eigenvalue weighted by Crippen LogP contribution is -2.20. The van der Waals surface area contributed by atoms with Gasteiger partial charge in [0.2, 0.25) is 11.8 Å². The zero-order valence-corrected chi connectivity index (χ0v) is 17.5. The molecule has 0 aliphatic rings. The van der Waals surface area contributed by atoms with Gasteiger partial charge in [-0.15, -0.1) is 0 Å². The number of carbonyl (C=O) groups is 2. The molecule has 0 spiro atoms. The zero-order chi connectivity index (χ0) is 19.1. The van der Waals surface area contributed by atoms with Crippen LogP contribution in [0.15, 0.2) is 41.5 Å². The van der Waals surface area contributed by atoms with Crippen LogP contribution in [-0.2, 0) is 9.59 Å². The minimum Gasteiger partial charge on any atom is -0.326 e. The largest absolute Gasteiger partial charge is 0.326 e. The molecule has 0 heterocycles. The van der Waals surface area contributed by atoms with E-state index >= 15 is 0 Å². The SMILES string of the molecule is Cc1cc(I)ccc1NC(=O)CCC(=O)N/N=C/c1cccc(Cl)c1Cl. The van der Waals surface area contributed by atoms with E-state index in [-0.39, 0.29) is 24.7 Å². The van der Waals surface area contributed by atoms with E-state index in [4.69, 9.17) is 23.2 Å². The van der Waals surface area contributed by atoms with E-state index in [1.165, 1.54) is 6.21 Å². The lowest BCUT2D eigenvalue weighted by molar-refractivity contribution is -0.124. The Hall–Kier alpha value is -1.64. The number of hydrogen-bond acceptors (Lipinski definition) is 3. The van der Waals surface area contributed by atoms with E-state index in [2.05, 4.69) is 38.4 Å². The Kier molecular flexibility index (Phi) is 7.86. The number of hydrazone groups is 1. The molecule has 0 saturated heterocycles. The van der Waals surface area contributed by atoms with Crippen LogP contribution >= 0.6 is 45.8 Å². The molecular weight excluding hydrogens is 488 g/mol. The van der Waals surface area contributed by atoms with Crippen molar-refractivity contribution in [2.24, 2.45) is 5.10 Å². The highest BCUT2D eigenvalue weighted by Crippen LogP contribution is 2.24. The molecule has 8 heteroatoms. The van der Waals surface area contributed by atoms with Gasteiger partial charge in [-0.2, -0.15) is 5.10 Å². The van der Waals surface area contributed by atoms with Crippen molar-refractivity contribution >= 4 is 69.5 Å². The molecule has 0 aliphatic heterocycles. The summed E-state index contributed by atoms with van der Waals surface area (Å²) in [6.45, 7) is 1.92. The normalized spacial score (nSPS) is 10.8. The van der Waals surface area contributed by atoms with Gasteiger partial charge in [-0.3, -0.25) is 9.59 Å². The minimum absolute atomic E-state index is 0.0237. The summed E-state index contributed by atoms with van der Waals surface area (Å²) in [5, 5.41) is 7.39. The number of rotatable bonds is 6. The first-order valence-corrected chi connectivity index (χ1v) is 9.52. The van der Waals surface area contributed by atoms with Crippen molar-refractivity contribution < 1.29 is 9.59 Å². The second kappa shape index (κ2) is 9.89. The number of halogens is 3. The van der Waals surface area contributed by atoms with Gasteiger partial charge in [-0.1, -0.05) is 35.3 Å². The lowest BCUT2D eigenvalue weighted by Gasteiger charge is -2.08. The molecule has 2 N–H and O–H groups in total. The number of nitrogens with zero attached hydrogens (tertiary/aromatic N) is 1. The number of nitrogens with one attached hydrogen (secondary N) is 2. The number of aryl methyl sites for hydroxylation is 1. The molecule has 0 unspecified atom stereocenters. The summed E-state index contributed by atoms with van der Waals surface area (Å²) >= 11 is 14.1. The van der Waals surface area contributed by atoms with Crippen LogP contribution < -0.4 is 10.7 Å². The second-order valence-corrected chi connectivity index (χ2v) is 7.47. The Labute approximate surface area is 175 Å². The standard InChI is InChI=1S/C18H16Cl2IN3O2/c1-11-9-13(21)5-6-15(11)23-16(25)7-8-17(26)24-22-10-12-3-2-4-14(19)18(12)20/h2-6,9-10H,7-8H2,1H3,(H,23,25)(H,24,26)/b22-10+. The summed E-state index contributed by atoms with van der Waals surface area (Å²) in [7, 11) is 0. The maximum Gasteiger partial charge on any atom is 0.240 e. The quantitative estimate of drug-likeness (QED) is 0.338. The van der Waals surface area contributed by atoms with Crippen molar-refractivity contribution in [2.45, 2.75) is 19.8 Å². The maximum atomic E-state index is 12.0. The molecular formula is C18H16Cl2IN3O2. The topological polar surface area (TPSA) is 70.6 Å². The molecule has 2 amide bonds. The Morgan fingerprint density at radius 3 is 2.62 bits per heavy atom. The molecule has 2 rings (SSSR count). The third-order valence-electron chi connectivity index (χ3n) is 3.42. The first-order valence-electron chi connectivity index (χ1n) is 7.68. The number of amides is 2. The molecule has 0 saturated carbocycles. The maximum absolute atomic E-state index is 12.0. The number of hydrogen-bond donors (Lipinski definition) is 2. The van der Waals surface area contributed by atoms with Crippen molar-refractivity contribution in [1.82, 2.24) is 5.43 Å². The zero-order valence-electron chi connectivity index (χ0n) is 13.9. The van der Waals surface area contributed by atoms with Crippen molar-refractivity contribution in [3.8, 4) is 0 Å². The van der Waals surface area contributed by atoms with Gasteiger partial charge in [-0.25, -0.2) is 5.43 Å². The molecule has 136 valence electrons. The third kappa shape index (κ3) is 6.26. The van der Waals surface area contributed by atoms with Gasteiger partial charge in [0.1, 0.15) is 0 Å². The summed E-state index contributed by atoms with van der Waals surface area (Å²) in [5.74, 6) is -0.597. The van der Waals surface area contributed by atoms with Crippen molar-refractivity contribution in [3.63, 3.8) is 0 Å². The molecule has 2 aromatic carbocycles. The summed E-state index contributed by atoms with van der Waals surface area (Å²) in [6.07, 6.45) is 1.49. The van der Waals surface area contributed by atoms with E-state index in [9.17, 15) is 9.59 Å². The smallest absolute Gasteiger partial charge is 0.240 e. The van der Waals surface area contributed by atoms with Gasteiger partial charge in [0.25, 0.3) is 0 Å². The number of benzene rings is 2. The highest BCUT2D eigenvalue weighted by molar-refractivity contribution is 14.1. The van der Waals surface area contributed by atoms with Crippen molar-refractivity contribution in [3.05, 3.63) is 61.1 Å². The fourth-order valence-electron chi connectivity index (χ4n) is 2.06. The fraction of sp³-hybridized carbons (Fsp3) is 0.167. The number of carbonyl (C=O) groups excluding carboxylic acids is 2. The average molecular weight is 504 g/mol. The highest BCUT2D eigenvalue weighted by atomic mass is 127. The molecule has 0 aliphatic carbocycles. The molecule has 0 atom stereocenters. The van der Waals surface area contributed by atoms with E-state index < -0.39 is 0 Å². The summed E-state index contributed by atoms with van der Waals surface area (Å²) in [4.78, 5) is 23.8. The van der Waals surface area contributed by atoms with Crippen LogP contribution in [0.3, 0.4) is 0 Å². The predicted octanol–water partition coefficient (Wildman–Crippen LogP) is 4.78. The van der Waals surface area contributed by atoms with Gasteiger partial charge in [0.05, 0.1) is 16.3 Å². The van der Waals surface area contributed by atoms with Gasteiger partial charge < -0.3 is 5.32 Å². The van der Waals surface area contributed by atoms with Crippen LogP contribution in [-0.4, -0.2) is 18.0 Å². The Balaban J connectivity index is 1.80. The van der Waals surface area contributed by atoms with Crippen LogP contribution in [0.1, 0.15) is 24.0 Å². The summed E-state index contributed by atoms with van der Waals surface area (Å²) in [5.41, 5.74) is 4.66. The molecule has 0 radical (unpaired) electrons. The molecule has 0 aromatic heterocycles. The predicted molar refractivity (Wildman–Crippen MR) is 114 cm³/mol. The first-order chi connectivity index (χ1) is 12.4. The fourth-order valence-corrected chi connectivity index (χ4v) is 3.06. The molecule has 0 fully saturated rings. The van der Waals surface area contributed by atoms with Crippen LogP contribution in [0.5, 0.6) is 0 Å². The van der Waals surface area contributed by atoms with E-state index in [1.54, 1.807) is 18.2 Å². The van der Waals surface area contributed by atoms with Gasteiger partial charge in [0.15, 0.2) is 0 Å². The van der Waals surface area contributed by atoms with Crippen LogP contribution in [0.25, 0.3) is 0 Å². The van der Waals surface area contributed by atoms with Gasteiger partial charge in [-0.05, 0) is 59.3 Å². The molecule has 2 aromatic rings. The highest BCUT2D eigenvalue weighted by Gasteiger charge is 2.08. The molecule has 5 nitrogen and oxygen atoms in total. The Morgan fingerprint density at radius 2 is 1.88 bits per heavy atom. The minimum atomic E-state index is -0.367. The first kappa shape index (κ1) is 20.7. The summed E-state index contributed by atoms with van der Waals surface area (Å²) < 4.78 is 1.09. The van der Waals surface area contributed by atoms with Crippen LogP contribution in [0, 0.1) is 10.5 Å². The van der Waals surface area contributed by atoms with E-state index in [0.29, 0.717) is 15.6 Å². The number of anilines is 1. The van der Waals surface area contributed by atoms with Crippen LogP contribution in [0.4, 0.5) is 5.69 Å². The van der Waals surface area contributed by atoms with Gasteiger partial charge in [0, 0.05) is 27.7 Å².